The molecule has 0 aromatic heterocycles. The van der Waals surface area contributed by atoms with Crippen molar-refractivity contribution in [1.82, 2.24) is 0 Å². The Bertz CT molecular complexity index is 631. The average Bonchev–Trinajstić information content (AvgIpc) is 2.26. The molecule has 0 unspecified atom stereocenters. The lowest BCUT2D eigenvalue weighted by Crippen LogP contribution is -1.97. The predicted octanol–water partition coefficient (Wildman–Crippen LogP) is 1.58. The van der Waals surface area contributed by atoms with Gasteiger partial charge in [-0.25, -0.2) is 0 Å². The van der Waals surface area contributed by atoms with Gasteiger partial charge in [-0.3, -0.25) is 4.55 Å². The number of hydrogen-bond donors (Lipinski definition) is 2. The fourth-order valence-corrected chi connectivity index (χ4v) is 2.05. The summed E-state index contributed by atoms with van der Waals surface area (Å²) in [6, 6.07) is 9.56. The van der Waals surface area contributed by atoms with Crippen molar-refractivity contribution in [3.05, 3.63) is 42.0 Å². The minimum Gasteiger partial charge on any atom is -0.392 e. The van der Waals surface area contributed by atoms with Gasteiger partial charge in [-0.1, -0.05) is 18.2 Å². The molecule has 0 fully saturated rings. The molecule has 0 aliphatic carbocycles. The van der Waals surface area contributed by atoms with Gasteiger partial charge in [-0.15, -0.1) is 0 Å². The lowest BCUT2D eigenvalue weighted by molar-refractivity contribution is 0.282. The maximum atomic E-state index is 10.9. The zero-order valence-electron chi connectivity index (χ0n) is 8.29. The number of rotatable bonds is 2. The molecule has 0 amide bonds. The molecule has 0 aliphatic rings. The SMILES string of the molecule is O=S(=O)(O)c1ccc2ccc(CO)cc2c1. The topological polar surface area (TPSA) is 74.6 Å². The summed E-state index contributed by atoms with van der Waals surface area (Å²) < 4.78 is 30.8. The lowest BCUT2D eigenvalue weighted by atomic mass is 10.1. The van der Waals surface area contributed by atoms with Crippen LogP contribution in [0.4, 0.5) is 0 Å². The Morgan fingerprint density at radius 3 is 2.31 bits per heavy atom. The summed E-state index contributed by atoms with van der Waals surface area (Å²) in [7, 11) is -4.18. The molecular formula is C11H10O4S. The molecule has 0 saturated heterocycles. The summed E-state index contributed by atoms with van der Waals surface area (Å²) in [5.74, 6) is 0. The second-order valence-electron chi connectivity index (χ2n) is 3.48. The Labute approximate surface area is 92.9 Å². The monoisotopic (exact) mass is 238 g/mol. The van der Waals surface area contributed by atoms with Crippen molar-refractivity contribution >= 4 is 20.9 Å². The van der Waals surface area contributed by atoms with Gasteiger partial charge in [0.25, 0.3) is 10.1 Å². The summed E-state index contributed by atoms with van der Waals surface area (Å²) in [6.45, 7) is -0.105. The van der Waals surface area contributed by atoms with Gasteiger partial charge in [-0.05, 0) is 34.5 Å². The Morgan fingerprint density at radius 2 is 1.69 bits per heavy atom. The van der Waals surface area contributed by atoms with E-state index in [1.54, 1.807) is 24.3 Å². The predicted molar refractivity (Wildman–Crippen MR) is 59.7 cm³/mol. The Balaban J connectivity index is 2.69. The van der Waals surface area contributed by atoms with Gasteiger partial charge in [0, 0.05) is 0 Å². The van der Waals surface area contributed by atoms with E-state index in [9.17, 15) is 8.42 Å². The molecule has 2 rings (SSSR count). The molecule has 4 nitrogen and oxygen atoms in total. The van der Waals surface area contributed by atoms with E-state index in [1.807, 2.05) is 0 Å². The van der Waals surface area contributed by atoms with E-state index in [-0.39, 0.29) is 11.5 Å². The van der Waals surface area contributed by atoms with Gasteiger partial charge < -0.3 is 5.11 Å². The number of aliphatic hydroxyl groups excluding tert-OH is 1. The van der Waals surface area contributed by atoms with Crippen molar-refractivity contribution in [3.8, 4) is 0 Å². The smallest absolute Gasteiger partial charge is 0.294 e. The summed E-state index contributed by atoms with van der Waals surface area (Å²) >= 11 is 0. The maximum Gasteiger partial charge on any atom is 0.294 e. The number of benzene rings is 2. The third kappa shape index (κ3) is 2.06. The van der Waals surface area contributed by atoms with Crippen LogP contribution < -0.4 is 0 Å². The minimum absolute atomic E-state index is 0.105. The number of aliphatic hydroxyl groups is 1. The largest absolute Gasteiger partial charge is 0.392 e. The van der Waals surface area contributed by atoms with E-state index in [4.69, 9.17) is 9.66 Å². The number of hydrogen-bond acceptors (Lipinski definition) is 3. The van der Waals surface area contributed by atoms with Crippen molar-refractivity contribution in [3.63, 3.8) is 0 Å². The van der Waals surface area contributed by atoms with Gasteiger partial charge in [0.05, 0.1) is 11.5 Å². The van der Waals surface area contributed by atoms with Crippen LogP contribution in [0, 0.1) is 0 Å². The van der Waals surface area contributed by atoms with Gasteiger partial charge >= 0.3 is 0 Å². The van der Waals surface area contributed by atoms with Crippen LogP contribution in [0.25, 0.3) is 10.8 Å². The van der Waals surface area contributed by atoms with Crippen LogP contribution in [0.1, 0.15) is 5.56 Å². The molecule has 0 aliphatic heterocycles. The molecule has 0 heterocycles. The van der Waals surface area contributed by atoms with Crippen LogP contribution in [0.3, 0.4) is 0 Å². The van der Waals surface area contributed by atoms with Gasteiger partial charge in [0.1, 0.15) is 0 Å². The molecule has 2 N–H and O–H groups in total. The molecule has 0 atom stereocenters. The Kier molecular flexibility index (Phi) is 2.67. The van der Waals surface area contributed by atoms with Crippen LogP contribution in [-0.4, -0.2) is 18.1 Å². The normalized spacial score (nSPS) is 11.9. The van der Waals surface area contributed by atoms with Crippen LogP contribution in [-0.2, 0) is 16.7 Å². The third-order valence-electron chi connectivity index (χ3n) is 2.36. The molecule has 0 bridgehead atoms. The van der Waals surface area contributed by atoms with E-state index >= 15 is 0 Å². The van der Waals surface area contributed by atoms with E-state index in [0.717, 1.165) is 5.39 Å². The van der Waals surface area contributed by atoms with Gasteiger partial charge in [0.15, 0.2) is 0 Å². The molecule has 2 aromatic carbocycles. The van der Waals surface area contributed by atoms with Crippen LogP contribution in [0.2, 0.25) is 0 Å². The highest BCUT2D eigenvalue weighted by Crippen LogP contribution is 2.20. The zero-order chi connectivity index (χ0) is 11.8. The minimum atomic E-state index is -4.18. The summed E-state index contributed by atoms with van der Waals surface area (Å²) in [4.78, 5) is -0.143. The van der Waals surface area contributed by atoms with Gasteiger partial charge in [0.2, 0.25) is 0 Å². The van der Waals surface area contributed by atoms with E-state index < -0.39 is 10.1 Å². The van der Waals surface area contributed by atoms with Gasteiger partial charge in [-0.2, -0.15) is 8.42 Å². The highest BCUT2D eigenvalue weighted by molar-refractivity contribution is 7.85. The van der Waals surface area contributed by atoms with Crippen molar-refractivity contribution in [1.29, 1.82) is 0 Å². The fourth-order valence-electron chi connectivity index (χ4n) is 1.53. The van der Waals surface area contributed by atoms with E-state index in [0.29, 0.717) is 10.9 Å². The zero-order valence-corrected chi connectivity index (χ0v) is 9.11. The molecule has 84 valence electrons. The molecule has 0 radical (unpaired) electrons. The fraction of sp³-hybridized carbons (Fsp3) is 0.0909. The molecule has 0 saturated carbocycles. The quantitative estimate of drug-likeness (QED) is 0.779. The van der Waals surface area contributed by atoms with Crippen molar-refractivity contribution in [2.24, 2.45) is 0 Å². The molecule has 5 heteroatoms. The summed E-state index contributed by atoms with van der Waals surface area (Å²) in [5, 5.41) is 10.5. The first-order valence-electron chi connectivity index (χ1n) is 4.62. The summed E-state index contributed by atoms with van der Waals surface area (Å²) in [5.41, 5.74) is 0.694. The molecule has 0 spiro atoms. The lowest BCUT2D eigenvalue weighted by Gasteiger charge is -2.03. The Hall–Kier alpha value is -1.43. The highest BCUT2D eigenvalue weighted by Gasteiger charge is 2.09. The van der Waals surface area contributed by atoms with E-state index in [1.165, 1.54) is 12.1 Å². The summed E-state index contributed by atoms with van der Waals surface area (Å²) in [6.07, 6.45) is 0. The molecular weight excluding hydrogens is 228 g/mol. The van der Waals surface area contributed by atoms with Crippen LogP contribution in [0.15, 0.2) is 41.3 Å². The number of fused-ring (bicyclic) bond motifs is 1. The second kappa shape index (κ2) is 3.86. The van der Waals surface area contributed by atoms with Crippen molar-refractivity contribution in [2.45, 2.75) is 11.5 Å². The van der Waals surface area contributed by atoms with Crippen LogP contribution in [0.5, 0.6) is 0 Å². The van der Waals surface area contributed by atoms with Crippen LogP contribution >= 0.6 is 0 Å². The first-order valence-corrected chi connectivity index (χ1v) is 6.06. The first-order chi connectivity index (χ1) is 7.50. The molecule has 2 aromatic rings. The van der Waals surface area contributed by atoms with E-state index in [2.05, 4.69) is 0 Å². The second-order valence-corrected chi connectivity index (χ2v) is 4.90. The van der Waals surface area contributed by atoms with Crippen molar-refractivity contribution in [2.75, 3.05) is 0 Å². The van der Waals surface area contributed by atoms with Crippen molar-refractivity contribution < 1.29 is 18.1 Å². The molecule has 16 heavy (non-hydrogen) atoms. The average molecular weight is 238 g/mol. The maximum absolute atomic E-state index is 10.9. The Morgan fingerprint density at radius 1 is 1.00 bits per heavy atom. The standard InChI is InChI=1S/C11H10O4S/c12-7-8-1-2-9-3-4-11(16(13,14)15)6-10(9)5-8/h1-6,12H,7H2,(H,13,14,15). The third-order valence-corrected chi connectivity index (χ3v) is 3.21. The highest BCUT2D eigenvalue weighted by atomic mass is 32.2. The first kappa shape index (κ1) is 11.1.